The molecule has 24 heavy (non-hydrogen) atoms. The average Bonchev–Trinajstić information content (AvgIpc) is 3.30. The molecule has 4 rings (SSSR count). The number of thiazole rings is 1. The van der Waals surface area contributed by atoms with Crippen molar-refractivity contribution in [3.05, 3.63) is 35.1 Å². The first kappa shape index (κ1) is 15.8. The Labute approximate surface area is 146 Å². The van der Waals surface area contributed by atoms with Crippen LogP contribution in [0.3, 0.4) is 0 Å². The Balaban J connectivity index is 1.47. The zero-order valence-electron chi connectivity index (χ0n) is 14.2. The van der Waals surface area contributed by atoms with Gasteiger partial charge in [-0.05, 0) is 63.0 Å². The Hall–Kier alpha value is -1.75. The van der Waals surface area contributed by atoms with Gasteiger partial charge >= 0.3 is 0 Å². The molecule has 2 fully saturated rings. The Morgan fingerprint density at radius 3 is 2.92 bits per heavy atom. The van der Waals surface area contributed by atoms with Crippen LogP contribution in [0.4, 0.5) is 0 Å². The number of carbonyl (C=O) groups is 1. The molecule has 2 heterocycles. The zero-order chi connectivity index (χ0) is 16.7. The van der Waals surface area contributed by atoms with Crippen molar-refractivity contribution in [2.75, 3.05) is 0 Å². The molecule has 2 aromatic rings. The summed E-state index contributed by atoms with van der Waals surface area (Å²) in [6.45, 7) is 4.08. The van der Waals surface area contributed by atoms with E-state index >= 15 is 0 Å². The monoisotopic (exact) mass is 341 g/mol. The van der Waals surface area contributed by atoms with Gasteiger partial charge in [0.25, 0.3) is 5.91 Å². The first-order valence-electron chi connectivity index (χ1n) is 8.80. The summed E-state index contributed by atoms with van der Waals surface area (Å²) in [5.74, 6) is 2.40. The number of amides is 1. The number of nitrogens with one attached hydrogen (secondary N) is 1. The van der Waals surface area contributed by atoms with E-state index in [-0.39, 0.29) is 11.9 Å². The second kappa shape index (κ2) is 6.28. The summed E-state index contributed by atoms with van der Waals surface area (Å²) in [6.07, 6.45) is 8.93. The van der Waals surface area contributed by atoms with Crippen LogP contribution in [0.5, 0.6) is 0 Å². The molecular weight excluding hydrogens is 318 g/mol. The SMILES string of the molecule is Cc1nc(-c2cccnc2)sc1C(=O)N[C@H](C)[C@@H]1C[C@H]2CC[C@H]1C2. The lowest BCUT2D eigenvalue weighted by Gasteiger charge is -2.28. The van der Waals surface area contributed by atoms with E-state index in [0.29, 0.717) is 5.92 Å². The average molecular weight is 341 g/mol. The van der Waals surface area contributed by atoms with Gasteiger partial charge in [-0.15, -0.1) is 11.3 Å². The summed E-state index contributed by atoms with van der Waals surface area (Å²) < 4.78 is 0. The van der Waals surface area contributed by atoms with Crippen molar-refractivity contribution in [3.8, 4) is 10.6 Å². The molecule has 2 aromatic heterocycles. The topological polar surface area (TPSA) is 54.9 Å². The highest BCUT2D eigenvalue weighted by atomic mass is 32.1. The molecule has 2 aliphatic carbocycles. The molecule has 2 aliphatic rings. The van der Waals surface area contributed by atoms with Crippen molar-refractivity contribution in [1.29, 1.82) is 0 Å². The van der Waals surface area contributed by atoms with Crippen molar-refractivity contribution in [2.24, 2.45) is 17.8 Å². The van der Waals surface area contributed by atoms with Crippen molar-refractivity contribution in [3.63, 3.8) is 0 Å². The van der Waals surface area contributed by atoms with Crippen LogP contribution >= 0.6 is 11.3 Å². The molecule has 4 atom stereocenters. The number of aryl methyl sites for hydroxylation is 1. The Morgan fingerprint density at radius 2 is 2.25 bits per heavy atom. The zero-order valence-corrected chi connectivity index (χ0v) is 15.0. The normalized spacial score (nSPS) is 26.5. The van der Waals surface area contributed by atoms with E-state index in [2.05, 4.69) is 22.2 Å². The van der Waals surface area contributed by atoms with Gasteiger partial charge in [-0.25, -0.2) is 4.98 Å². The number of fused-ring (bicyclic) bond motifs is 2. The van der Waals surface area contributed by atoms with Crippen LogP contribution in [0.1, 0.15) is 48.0 Å². The van der Waals surface area contributed by atoms with Crippen molar-refractivity contribution < 1.29 is 4.79 Å². The maximum Gasteiger partial charge on any atom is 0.263 e. The molecule has 0 aromatic carbocycles. The second-order valence-corrected chi connectivity index (χ2v) is 8.28. The minimum Gasteiger partial charge on any atom is -0.349 e. The van der Waals surface area contributed by atoms with Crippen molar-refractivity contribution in [2.45, 2.75) is 45.6 Å². The molecule has 0 radical (unpaired) electrons. The Morgan fingerprint density at radius 1 is 1.38 bits per heavy atom. The van der Waals surface area contributed by atoms with Gasteiger partial charge in [-0.2, -0.15) is 0 Å². The third-order valence-electron chi connectivity index (χ3n) is 5.71. The highest BCUT2D eigenvalue weighted by Gasteiger charge is 2.42. The summed E-state index contributed by atoms with van der Waals surface area (Å²) in [5.41, 5.74) is 1.77. The number of hydrogen-bond acceptors (Lipinski definition) is 4. The first-order chi connectivity index (χ1) is 11.6. The van der Waals surface area contributed by atoms with Gasteiger partial charge in [0.1, 0.15) is 9.88 Å². The van der Waals surface area contributed by atoms with Crippen LogP contribution in [-0.4, -0.2) is 21.9 Å². The Bertz CT molecular complexity index is 742. The summed E-state index contributed by atoms with van der Waals surface area (Å²) in [7, 11) is 0. The van der Waals surface area contributed by atoms with E-state index in [1.54, 1.807) is 12.4 Å². The molecule has 1 N–H and O–H groups in total. The van der Waals surface area contributed by atoms with E-state index in [9.17, 15) is 4.79 Å². The largest absolute Gasteiger partial charge is 0.349 e. The van der Waals surface area contributed by atoms with Gasteiger partial charge in [0.05, 0.1) is 5.69 Å². The first-order valence-corrected chi connectivity index (χ1v) is 9.62. The van der Waals surface area contributed by atoms with E-state index in [4.69, 9.17) is 0 Å². The van der Waals surface area contributed by atoms with Gasteiger partial charge in [-0.3, -0.25) is 9.78 Å². The maximum atomic E-state index is 12.7. The number of aromatic nitrogens is 2. The van der Waals surface area contributed by atoms with Crippen LogP contribution < -0.4 is 5.32 Å². The molecule has 126 valence electrons. The van der Waals surface area contributed by atoms with E-state index < -0.39 is 0 Å². The summed E-state index contributed by atoms with van der Waals surface area (Å²) >= 11 is 1.46. The molecular formula is C19H23N3OS. The van der Waals surface area contributed by atoms with Gasteiger partial charge in [0.2, 0.25) is 0 Å². The van der Waals surface area contributed by atoms with Gasteiger partial charge in [-0.1, -0.05) is 6.42 Å². The summed E-state index contributed by atoms with van der Waals surface area (Å²) in [4.78, 5) is 22.1. The molecule has 2 bridgehead atoms. The van der Waals surface area contributed by atoms with Gasteiger partial charge in [0.15, 0.2) is 0 Å². The molecule has 5 heteroatoms. The maximum absolute atomic E-state index is 12.7. The van der Waals surface area contributed by atoms with E-state index in [1.807, 2.05) is 19.1 Å². The number of rotatable bonds is 4. The molecule has 0 saturated heterocycles. The minimum absolute atomic E-state index is 0.0235. The Kier molecular flexibility index (Phi) is 4.12. The van der Waals surface area contributed by atoms with Crippen LogP contribution in [0, 0.1) is 24.7 Å². The molecule has 4 nitrogen and oxygen atoms in total. The molecule has 0 aliphatic heterocycles. The van der Waals surface area contributed by atoms with E-state index in [0.717, 1.165) is 33.0 Å². The number of pyridine rings is 1. The lowest BCUT2D eigenvalue weighted by Crippen LogP contribution is -2.40. The van der Waals surface area contributed by atoms with Gasteiger partial charge in [0, 0.05) is 24.0 Å². The van der Waals surface area contributed by atoms with Crippen molar-refractivity contribution >= 4 is 17.2 Å². The summed E-state index contributed by atoms with van der Waals surface area (Å²) in [5, 5.41) is 4.10. The van der Waals surface area contributed by atoms with E-state index in [1.165, 1.54) is 37.0 Å². The minimum atomic E-state index is 0.0235. The number of carbonyl (C=O) groups excluding carboxylic acids is 1. The lowest BCUT2D eigenvalue weighted by atomic mass is 9.84. The fourth-order valence-corrected chi connectivity index (χ4v) is 5.46. The smallest absolute Gasteiger partial charge is 0.263 e. The predicted molar refractivity (Wildman–Crippen MR) is 95.9 cm³/mol. The third kappa shape index (κ3) is 2.86. The van der Waals surface area contributed by atoms with Crippen LogP contribution in [0.25, 0.3) is 10.6 Å². The van der Waals surface area contributed by atoms with Crippen LogP contribution in [0.15, 0.2) is 24.5 Å². The van der Waals surface area contributed by atoms with Gasteiger partial charge < -0.3 is 5.32 Å². The van der Waals surface area contributed by atoms with Crippen LogP contribution in [0.2, 0.25) is 0 Å². The highest BCUT2D eigenvalue weighted by Crippen LogP contribution is 2.49. The number of hydrogen-bond donors (Lipinski definition) is 1. The number of nitrogens with zero attached hydrogens (tertiary/aromatic N) is 2. The molecule has 0 unspecified atom stereocenters. The fraction of sp³-hybridized carbons (Fsp3) is 0.526. The van der Waals surface area contributed by atoms with Crippen molar-refractivity contribution in [1.82, 2.24) is 15.3 Å². The third-order valence-corrected chi connectivity index (χ3v) is 6.91. The highest BCUT2D eigenvalue weighted by molar-refractivity contribution is 7.17. The second-order valence-electron chi connectivity index (χ2n) is 7.28. The summed E-state index contributed by atoms with van der Waals surface area (Å²) in [6, 6.07) is 4.12. The molecule has 2 saturated carbocycles. The van der Waals surface area contributed by atoms with Crippen LogP contribution in [-0.2, 0) is 0 Å². The lowest BCUT2D eigenvalue weighted by molar-refractivity contribution is 0.0918. The fourth-order valence-electron chi connectivity index (χ4n) is 4.51. The standard InChI is InChI=1S/C19H23N3OS/c1-11(16-9-13-5-6-14(16)8-13)21-18(23)17-12(2)22-19(24-17)15-4-3-7-20-10-15/h3-4,7,10-11,13-14,16H,5-6,8-9H2,1-2H3,(H,21,23)/t11-,13+,14+,16+/m1/s1. The predicted octanol–water partition coefficient (Wildman–Crippen LogP) is 4.07. The molecule has 1 amide bonds. The molecule has 0 spiro atoms. The quantitative estimate of drug-likeness (QED) is 0.912.